The molecule has 0 aromatic heterocycles. The van der Waals surface area contributed by atoms with E-state index in [1.165, 1.54) is 84.9 Å². The van der Waals surface area contributed by atoms with Crippen molar-refractivity contribution in [3.63, 3.8) is 0 Å². The Bertz CT molecular complexity index is 3860. The van der Waals surface area contributed by atoms with E-state index in [2.05, 4.69) is 41.5 Å². The summed E-state index contributed by atoms with van der Waals surface area (Å²) in [5, 5.41) is 52.5. The van der Waals surface area contributed by atoms with E-state index >= 15 is 0 Å². The first kappa shape index (κ1) is 67.6. The van der Waals surface area contributed by atoms with E-state index < -0.39 is 82.3 Å². The summed E-state index contributed by atoms with van der Waals surface area (Å²) in [6.07, 6.45) is -2.65. The smallest absolute Gasteiger partial charge is 0.269 e. The number of benzene rings is 9. The minimum absolute atomic E-state index is 0.0737. The van der Waals surface area contributed by atoms with Gasteiger partial charge in [-0.1, -0.05) is 169 Å². The second kappa shape index (κ2) is 28.4. The Morgan fingerprint density at radius 3 is 0.957 bits per heavy atom. The zero-order valence-electron chi connectivity index (χ0n) is 51.6. The lowest BCUT2D eigenvalue weighted by Crippen LogP contribution is -2.67. The Kier molecular flexibility index (Phi) is 20.6. The van der Waals surface area contributed by atoms with Crippen molar-refractivity contribution in [1.29, 1.82) is 0 Å². The summed E-state index contributed by atoms with van der Waals surface area (Å²) in [5.74, 6) is -3.98. The van der Waals surface area contributed by atoms with Crippen molar-refractivity contribution in [3.05, 3.63) is 302 Å². The van der Waals surface area contributed by atoms with Gasteiger partial charge in [-0.05, 0) is 124 Å². The third kappa shape index (κ3) is 14.3. The zero-order chi connectivity index (χ0) is 67.0. The maximum Gasteiger partial charge on any atom is 0.269 e. The molecule has 0 saturated heterocycles. The van der Waals surface area contributed by atoms with Crippen LogP contribution in [0.1, 0.15) is 109 Å². The number of nitro groups is 4. The van der Waals surface area contributed by atoms with Gasteiger partial charge in [0.15, 0.2) is 0 Å². The van der Waals surface area contributed by atoms with Crippen LogP contribution in [0.3, 0.4) is 0 Å². The second-order valence-corrected chi connectivity index (χ2v) is 34.0. The van der Waals surface area contributed by atoms with Crippen LogP contribution in [0.2, 0.25) is 10.1 Å². The Morgan fingerprint density at radius 2 is 0.699 bits per heavy atom. The summed E-state index contributed by atoms with van der Waals surface area (Å²) < 4.78 is 30.1. The summed E-state index contributed by atoms with van der Waals surface area (Å²) in [7, 11) is -7.05. The van der Waals surface area contributed by atoms with E-state index in [1.54, 1.807) is 18.2 Å². The molecule has 20 nitrogen and oxygen atoms in total. The fraction of sp³-hybridized carbons (Fsp3) is 0.200. The third-order valence-corrected chi connectivity index (χ3v) is 27.7. The van der Waals surface area contributed by atoms with Crippen molar-refractivity contribution in [1.82, 2.24) is 0 Å². The minimum atomic E-state index is -3.52. The summed E-state index contributed by atoms with van der Waals surface area (Å²) >= 11 is 2.03. The molecule has 0 aliphatic carbocycles. The van der Waals surface area contributed by atoms with Gasteiger partial charge in [-0.25, -0.2) is 0 Å². The number of primary amides is 2. The van der Waals surface area contributed by atoms with Crippen LogP contribution in [-0.2, 0) is 8.85 Å². The molecular weight excluding hydrogens is 1330 g/mol. The van der Waals surface area contributed by atoms with E-state index in [1.807, 2.05) is 144 Å². The van der Waals surface area contributed by atoms with E-state index in [9.17, 15) is 50.0 Å². The van der Waals surface area contributed by atoms with Gasteiger partial charge in [0.25, 0.3) is 39.4 Å². The van der Waals surface area contributed by atoms with Gasteiger partial charge in [0.2, 0.25) is 11.8 Å². The van der Waals surface area contributed by atoms with Crippen molar-refractivity contribution < 1.29 is 47.6 Å². The van der Waals surface area contributed by atoms with Gasteiger partial charge in [0.1, 0.15) is 23.7 Å². The number of carbonyl (C=O) groups is 2. The highest BCUT2D eigenvalue weighted by Crippen LogP contribution is 2.47. The van der Waals surface area contributed by atoms with Crippen molar-refractivity contribution in [2.45, 2.75) is 75.7 Å². The average Bonchev–Trinajstić information content (AvgIpc) is 0.756. The van der Waals surface area contributed by atoms with E-state index in [-0.39, 0.29) is 73.3 Å². The Morgan fingerprint density at radius 1 is 0.419 bits per heavy atom. The third-order valence-electron chi connectivity index (χ3n) is 16.6. The Balaban J connectivity index is 1.27. The highest BCUT2D eigenvalue weighted by atomic mass is 127. The number of halogens is 1. The molecule has 4 N–H and O–H groups in total. The molecule has 0 aliphatic rings. The SMILES string of the molecule is CC(C)(C)[Si](OC[C@H](c1cc([N+](=O)[O-])ccc1C(N)=O)[C@@H](Oc1cccc(O[C@@H](c2ccc([N+](=O)[O-])cc2)[C@H](CO[Si](c2ccccc2)(c2ccccc2)C(C)(C)C)c2cc([N+](=O)[O-])ccc2C(N)=O)c1I)c1ccc([N+](=O)[O-])cc1)(c1ccccc1)c1ccccc1. The number of hydrogen-bond acceptors (Lipinski definition) is 14. The maximum atomic E-state index is 13.8. The normalized spacial score (nSPS) is 13.2. The van der Waals surface area contributed by atoms with Gasteiger partial charge >= 0.3 is 0 Å². The quantitative estimate of drug-likeness (QED) is 0.0221. The number of rotatable bonds is 26. The lowest BCUT2D eigenvalue weighted by Gasteiger charge is -2.44. The highest BCUT2D eigenvalue weighted by Gasteiger charge is 2.53. The molecule has 9 aromatic rings. The highest BCUT2D eigenvalue weighted by molar-refractivity contribution is 14.1. The standard InChI is InChI=1S/C70H67IN6O14Si2/c1-69(2,3)92(52-20-11-7-12-21-52,53-22-13-8-14-23-53)88-44-60(58-42-50(76(84)85)38-40-56(58)67(72)78)65(46-30-34-48(35-31-46)74(80)81)90-62-28-19-29-63(64(62)71)91-66(47-32-36-49(37-33-47)75(82)83)61(59-43-51(77(86)87)39-41-57(59)68(73)79)45-89-93(70(4,5)6,54-24-15-9-16-25-54)55-26-17-10-18-27-55/h7-43,60-61,65-66H,44-45H2,1-6H3,(H2,72,78)(H2,73,79)/t60-,61-,65+,66+/m1/s1. The molecule has 0 heterocycles. The molecular formula is C70H67IN6O14Si2. The Hall–Kier alpha value is -9.80. The van der Waals surface area contributed by atoms with Crippen LogP contribution in [0.4, 0.5) is 22.7 Å². The molecule has 0 saturated carbocycles. The molecule has 0 bridgehead atoms. The number of non-ortho nitro benzene ring substituents is 4. The number of nitrogens with zero attached hydrogens (tertiary/aromatic N) is 4. The number of amides is 2. The monoisotopic (exact) mass is 1400 g/mol. The predicted octanol–water partition coefficient (Wildman–Crippen LogP) is 13.1. The van der Waals surface area contributed by atoms with E-state index in [4.69, 9.17) is 29.8 Å². The molecule has 23 heteroatoms. The minimum Gasteiger partial charge on any atom is -0.484 e. The van der Waals surface area contributed by atoms with Crippen LogP contribution >= 0.6 is 22.6 Å². The number of nitrogens with two attached hydrogens (primary N) is 2. The van der Waals surface area contributed by atoms with Gasteiger partial charge in [-0.3, -0.25) is 50.0 Å². The van der Waals surface area contributed by atoms with Crippen molar-refractivity contribution in [2.24, 2.45) is 11.5 Å². The summed E-state index contributed by atoms with van der Waals surface area (Å²) in [5.41, 5.74) is 11.7. The maximum absolute atomic E-state index is 13.8. The number of carbonyl (C=O) groups excluding carboxylic acids is 2. The summed E-state index contributed by atoms with van der Waals surface area (Å²) in [4.78, 5) is 75.4. The molecule has 4 atom stereocenters. The van der Waals surface area contributed by atoms with E-state index in [0.29, 0.717) is 11.1 Å². The molecule has 9 rings (SSSR count). The van der Waals surface area contributed by atoms with Crippen LogP contribution in [-0.4, -0.2) is 61.4 Å². The van der Waals surface area contributed by atoms with Gasteiger partial charge in [0.05, 0.1) is 23.3 Å². The number of hydrogen-bond donors (Lipinski definition) is 2. The van der Waals surface area contributed by atoms with Crippen LogP contribution in [0.5, 0.6) is 11.5 Å². The second-order valence-electron chi connectivity index (χ2n) is 24.3. The largest absolute Gasteiger partial charge is 0.484 e. The van der Waals surface area contributed by atoms with Crippen molar-refractivity contribution in [3.8, 4) is 11.5 Å². The lowest BCUT2D eigenvalue weighted by molar-refractivity contribution is -0.385. The van der Waals surface area contributed by atoms with Gasteiger partial charge in [-0.2, -0.15) is 0 Å². The first-order valence-electron chi connectivity index (χ1n) is 29.5. The summed E-state index contributed by atoms with van der Waals surface area (Å²) in [6, 6.07) is 62.2. The molecule has 93 heavy (non-hydrogen) atoms. The van der Waals surface area contributed by atoms with Gasteiger partial charge < -0.3 is 29.8 Å². The molecule has 0 aliphatic heterocycles. The molecule has 0 unspecified atom stereocenters. The molecule has 0 radical (unpaired) electrons. The Labute approximate surface area is 552 Å². The van der Waals surface area contributed by atoms with Crippen molar-refractivity contribution >= 4 is 94.5 Å². The molecule has 476 valence electrons. The molecule has 9 aromatic carbocycles. The predicted molar refractivity (Wildman–Crippen MR) is 368 cm³/mol. The van der Waals surface area contributed by atoms with Crippen LogP contribution < -0.4 is 41.7 Å². The number of nitro benzene ring substituents is 4. The van der Waals surface area contributed by atoms with Crippen LogP contribution in [0, 0.1) is 44.0 Å². The summed E-state index contributed by atoms with van der Waals surface area (Å²) in [6.45, 7) is 11.8. The molecule has 0 spiro atoms. The first-order valence-corrected chi connectivity index (χ1v) is 34.4. The van der Waals surface area contributed by atoms with Crippen molar-refractivity contribution in [2.75, 3.05) is 13.2 Å². The average molecular weight is 1400 g/mol. The fourth-order valence-corrected chi connectivity index (χ4v) is 22.1. The van der Waals surface area contributed by atoms with Gasteiger partial charge in [-0.15, -0.1) is 0 Å². The first-order chi connectivity index (χ1) is 44.3. The zero-order valence-corrected chi connectivity index (χ0v) is 55.8. The molecule has 2 amide bonds. The van der Waals surface area contributed by atoms with E-state index in [0.717, 1.165) is 20.7 Å². The van der Waals surface area contributed by atoms with Crippen LogP contribution in [0.25, 0.3) is 0 Å². The molecule has 0 fully saturated rings. The number of ether oxygens (including phenoxy) is 2. The lowest BCUT2D eigenvalue weighted by atomic mass is 9.86. The van der Waals surface area contributed by atoms with Gasteiger partial charge in [0, 0.05) is 84.7 Å². The topological polar surface area (TPSA) is 296 Å². The van der Waals surface area contributed by atoms with Crippen LogP contribution in [0.15, 0.2) is 224 Å². The fourth-order valence-electron chi connectivity index (χ4n) is 12.3.